The van der Waals surface area contributed by atoms with E-state index in [0.29, 0.717) is 22.3 Å². The van der Waals surface area contributed by atoms with Crippen LogP contribution in [0.4, 0.5) is 4.79 Å². The molecule has 2 unspecified atom stereocenters. The second-order valence-corrected chi connectivity index (χ2v) is 8.48. The zero-order chi connectivity index (χ0) is 19.3. The van der Waals surface area contributed by atoms with Crippen LogP contribution in [0, 0.1) is 0 Å². The molecule has 12 heteroatoms. The maximum atomic E-state index is 12.1. The second kappa shape index (κ2) is 6.41. The number of fused-ring (bicyclic) bond motifs is 2. The predicted octanol–water partition coefficient (Wildman–Crippen LogP) is 1.99. The van der Waals surface area contributed by atoms with Crippen molar-refractivity contribution in [3.8, 4) is 5.75 Å². The molecular formula is C14H13Cl3N4O5. The van der Waals surface area contributed by atoms with E-state index in [1.54, 1.807) is 26.0 Å². The van der Waals surface area contributed by atoms with E-state index < -0.39 is 33.5 Å². The van der Waals surface area contributed by atoms with Gasteiger partial charge in [0.15, 0.2) is 0 Å². The van der Waals surface area contributed by atoms with Gasteiger partial charge in [-0.3, -0.25) is 10.1 Å². The topological polar surface area (TPSA) is 127 Å². The Hall–Kier alpha value is -1.81. The molecule has 0 saturated carbocycles. The van der Waals surface area contributed by atoms with Crippen LogP contribution in [0.1, 0.15) is 25.5 Å². The lowest BCUT2D eigenvalue weighted by Gasteiger charge is -2.42. The molecular weight excluding hydrogens is 411 g/mol. The normalized spacial score (nSPS) is 21.6. The van der Waals surface area contributed by atoms with E-state index in [1.165, 1.54) is 0 Å². The summed E-state index contributed by atoms with van der Waals surface area (Å²) in [4.78, 5) is 23.8. The largest absolute Gasteiger partial charge is 0.485 e. The first-order chi connectivity index (χ1) is 12.0. The number of carbonyl (C=O) groups is 2. The van der Waals surface area contributed by atoms with Crippen LogP contribution in [-0.4, -0.2) is 42.9 Å². The molecule has 2 atom stereocenters. The SMILES string of the molecule is CC1(C)Oc2cc3nonc3cc2C(NC(=O)NC(=O)C(Cl)(Cl)Cl)C1O. The number of nitrogens with one attached hydrogen (secondary N) is 2. The summed E-state index contributed by atoms with van der Waals surface area (Å²) in [6.07, 6.45) is -1.15. The van der Waals surface area contributed by atoms with Crippen molar-refractivity contribution in [2.45, 2.75) is 35.4 Å². The number of aromatic nitrogens is 2. The summed E-state index contributed by atoms with van der Waals surface area (Å²) in [5, 5.41) is 22.5. The number of benzene rings is 1. The highest BCUT2D eigenvalue weighted by atomic mass is 35.6. The molecule has 2 heterocycles. The molecule has 140 valence electrons. The van der Waals surface area contributed by atoms with Crippen molar-refractivity contribution >= 4 is 57.8 Å². The molecule has 9 nitrogen and oxygen atoms in total. The van der Waals surface area contributed by atoms with Crippen molar-refractivity contribution in [3.63, 3.8) is 0 Å². The number of urea groups is 1. The van der Waals surface area contributed by atoms with E-state index in [2.05, 4.69) is 20.3 Å². The van der Waals surface area contributed by atoms with Crippen molar-refractivity contribution in [1.29, 1.82) is 0 Å². The van der Waals surface area contributed by atoms with Crippen LogP contribution in [0.5, 0.6) is 5.75 Å². The Bertz CT molecular complexity index is 879. The Morgan fingerprint density at radius 3 is 2.46 bits per heavy atom. The molecule has 0 spiro atoms. The molecule has 1 aliphatic rings. The van der Waals surface area contributed by atoms with Gasteiger partial charge in [-0.05, 0) is 30.2 Å². The molecule has 1 aromatic heterocycles. The van der Waals surface area contributed by atoms with Crippen LogP contribution >= 0.6 is 34.8 Å². The van der Waals surface area contributed by atoms with Gasteiger partial charge in [0.1, 0.15) is 28.5 Å². The number of imide groups is 1. The molecule has 0 bridgehead atoms. The average Bonchev–Trinajstić information content (AvgIpc) is 2.96. The summed E-state index contributed by atoms with van der Waals surface area (Å²) in [6, 6.07) is 1.25. The quantitative estimate of drug-likeness (QED) is 0.599. The van der Waals surface area contributed by atoms with Crippen molar-refractivity contribution in [1.82, 2.24) is 20.9 Å². The van der Waals surface area contributed by atoms with Crippen molar-refractivity contribution in [2.24, 2.45) is 0 Å². The molecule has 1 aliphatic heterocycles. The van der Waals surface area contributed by atoms with Gasteiger partial charge in [0.05, 0.1) is 6.04 Å². The zero-order valence-corrected chi connectivity index (χ0v) is 15.7. The zero-order valence-electron chi connectivity index (χ0n) is 13.4. The minimum Gasteiger partial charge on any atom is -0.485 e. The summed E-state index contributed by atoms with van der Waals surface area (Å²) in [7, 11) is 0. The van der Waals surface area contributed by atoms with Crippen LogP contribution in [0.15, 0.2) is 16.8 Å². The third-order valence-corrected chi connectivity index (χ3v) is 4.41. The molecule has 1 aromatic carbocycles. The van der Waals surface area contributed by atoms with Crippen molar-refractivity contribution < 1.29 is 24.1 Å². The van der Waals surface area contributed by atoms with Gasteiger partial charge in [0.2, 0.25) is 0 Å². The highest BCUT2D eigenvalue weighted by Crippen LogP contribution is 2.41. The fraction of sp³-hybridized carbons (Fsp3) is 0.429. The van der Waals surface area contributed by atoms with Crippen LogP contribution in [0.3, 0.4) is 0 Å². The van der Waals surface area contributed by atoms with Gasteiger partial charge < -0.3 is 15.2 Å². The van der Waals surface area contributed by atoms with Gasteiger partial charge in [-0.25, -0.2) is 9.42 Å². The van der Waals surface area contributed by atoms with E-state index >= 15 is 0 Å². The Kier molecular flexibility index (Phi) is 4.68. The molecule has 26 heavy (non-hydrogen) atoms. The van der Waals surface area contributed by atoms with E-state index in [1.807, 2.05) is 5.32 Å². The highest BCUT2D eigenvalue weighted by Gasteiger charge is 2.44. The fourth-order valence-corrected chi connectivity index (χ4v) is 2.72. The first-order valence-corrected chi connectivity index (χ1v) is 8.44. The maximum absolute atomic E-state index is 12.1. The smallest absolute Gasteiger partial charge is 0.322 e. The monoisotopic (exact) mass is 422 g/mol. The number of carbonyl (C=O) groups excluding carboxylic acids is 2. The third-order valence-electron chi connectivity index (χ3n) is 3.89. The standard InChI is InChI=1S/C14H13Cl3N4O5/c1-13(2)10(22)9(18-12(24)19-11(23)14(15,16)17)5-3-6-7(21-26-20-6)4-8(5)25-13/h3-4,9-10,22H,1-2H3,(H2,18,19,23,24). The first kappa shape index (κ1) is 19.0. The van der Waals surface area contributed by atoms with Crippen molar-refractivity contribution in [3.05, 3.63) is 17.7 Å². The molecule has 0 saturated heterocycles. The summed E-state index contributed by atoms with van der Waals surface area (Å²) in [5.41, 5.74) is 0.237. The van der Waals surface area contributed by atoms with Crippen LogP contribution in [0.2, 0.25) is 0 Å². The second-order valence-electron chi connectivity index (χ2n) is 6.20. The number of ether oxygens (including phenoxy) is 1. The summed E-state index contributed by atoms with van der Waals surface area (Å²) < 4.78 is 8.15. The minimum absolute atomic E-state index is 0.376. The number of halogens is 3. The molecule has 3 amide bonds. The summed E-state index contributed by atoms with van der Waals surface area (Å²) in [6.45, 7) is 3.29. The van der Waals surface area contributed by atoms with Gasteiger partial charge in [-0.2, -0.15) is 0 Å². The lowest BCUT2D eigenvalue weighted by Crippen LogP contribution is -2.55. The molecule has 3 N–H and O–H groups in total. The predicted molar refractivity (Wildman–Crippen MR) is 92.2 cm³/mol. The Labute approximate surface area is 161 Å². The van der Waals surface area contributed by atoms with E-state index in [0.717, 1.165) is 0 Å². The van der Waals surface area contributed by atoms with E-state index in [4.69, 9.17) is 39.5 Å². The Morgan fingerprint density at radius 1 is 1.23 bits per heavy atom. The number of hydrogen-bond acceptors (Lipinski definition) is 7. The van der Waals surface area contributed by atoms with Gasteiger partial charge in [-0.1, -0.05) is 34.8 Å². The number of rotatable bonds is 1. The van der Waals surface area contributed by atoms with Gasteiger partial charge >= 0.3 is 6.03 Å². The summed E-state index contributed by atoms with van der Waals surface area (Å²) in [5.74, 6) is -0.751. The lowest BCUT2D eigenvalue weighted by atomic mass is 9.86. The average molecular weight is 424 g/mol. The number of aliphatic hydroxyl groups is 1. The molecule has 2 aromatic rings. The number of hydrogen-bond donors (Lipinski definition) is 3. The molecule has 3 rings (SSSR count). The highest BCUT2D eigenvalue weighted by molar-refractivity contribution is 6.76. The van der Waals surface area contributed by atoms with Crippen LogP contribution in [0.25, 0.3) is 11.0 Å². The van der Waals surface area contributed by atoms with Gasteiger partial charge in [0, 0.05) is 11.6 Å². The fourth-order valence-electron chi connectivity index (χ4n) is 2.58. The first-order valence-electron chi connectivity index (χ1n) is 7.31. The van der Waals surface area contributed by atoms with E-state index in [-0.39, 0.29) is 0 Å². The number of aliphatic hydroxyl groups excluding tert-OH is 1. The Morgan fingerprint density at radius 2 is 1.85 bits per heavy atom. The van der Waals surface area contributed by atoms with Crippen molar-refractivity contribution in [2.75, 3.05) is 0 Å². The van der Waals surface area contributed by atoms with Gasteiger partial charge in [0.25, 0.3) is 9.70 Å². The van der Waals surface area contributed by atoms with Crippen LogP contribution < -0.4 is 15.4 Å². The Balaban J connectivity index is 1.92. The molecule has 0 aliphatic carbocycles. The van der Waals surface area contributed by atoms with Crippen LogP contribution in [-0.2, 0) is 4.79 Å². The summed E-state index contributed by atoms with van der Waals surface area (Å²) >= 11 is 16.3. The van der Waals surface area contributed by atoms with Gasteiger partial charge in [-0.15, -0.1) is 0 Å². The third kappa shape index (κ3) is 3.52. The number of nitrogens with zero attached hydrogens (tertiary/aromatic N) is 2. The van der Waals surface area contributed by atoms with E-state index in [9.17, 15) is 14.7 Å². The molecule has 0 fully saturated rings. The maximum Gasteiger partial charge on any atom is 0.322 e. The molecule has 0 radical (unpaired) electrons. The number of amides is 3. The lowest BCUT2D eigenvalue weighted by molar-refractivity contribution is -0.119. The minimum atomic E-state index is -2.30. The number of alkyl halides is 3.